The Morgan fingerprint density at radius 3 is 2.47 bits per heavy atom. The van der Waals surface area contributed by atoms with Crippen LogP contribution in [0.25, 0.3) is 11.5 Å². The summed E-state index contributed by atoms with van der Waals surface area (Å²) in [5.74, 6) is -0.153. The summed E-state index contributed by atoms with van der Waals surface area (Å²) in [5, 5.41) is 0.452. The third-order valence-corrected chi connectivity index (χ3v) is 2.96. The second-order valence-electron chi connectivity index (χ2n) is 3.59. The average molecular weight is 248 g/mol. The number of primary amides is 1. The van der Waals surface area contributed by atoms with E-state index in [-0.39, 0.29) is 5.69 Å². The summed E-state index contributed by atoms with van der Waals surface area (Å²) >= 11 is 1.31. The van der Waals surface area contributed by atoms with Gasteiger partial charge in [0.2, 0.25) is 5.89 Å². The number of oxazole rings is 1. The Morgan fingerprint density at radius 1 is 1.35 bits per heavy atom. The van der Waals surface area contributed by atoms with Gasteiger partial charge in [-0.3, -0.25) is 4.79 Å². The number of amides is 1. The molecule has 5 heteroatoms. The number of benzene rings is 1. The fraction of sp³-hybridized carbons (Fsp3) is 0.167. The number of hydrogen-bond acceptors (Lipinski definition) is 4. The Balaban J connectivity index is 2.46. The highest BCUT2D eigenvalue weighted by molar-refractivity contribution is 7.98. The van der Waals surface area contributed by atoms with Gasteiger partial charge in [0.15, 0.2) is 10.8 Å². The van der Waals surface area contributed by atoms with Crippen LogP contribution in [0.4, 0.5) is 0 Å². The molecular weight excluding hydrogens is 236 g/mol. The average Bonchev–Trinajstić information content (AvgIpc) is 2.74. The number of rotatable bonds is 3. The molecule has 0 bridgehead atoms. The zero-order chi connectivity index (χ0) is 12.4. The minimum atomic E-state index is -0.573. The molecule has 1 heterocycles. The van der Waals surface area contributed by atoms with Gasteiger partial charge in [-0.05, 0) is 25.3 Å². The monoisotopic (exact) mass is 248 g/mol. The molecule has 1 amide bonds. The summed E-state index contributed by atoms with van der Waals surface area (Å²) in [7, 11) is 0. The largest absolute Gasteiger partial charge is 0.429 e. The molecule has 0 unspecified atom stereocenters. The van der Waals surface area contributed by atoms with Gasteiger partial charge in [0.25, 0.3) is 5.91 Å². The highest BCUT2D eigenvalue weighted by Gasteiger charge is 2.17. The van der Waals surface area contributed by atoms with Gasteiger partial charge < -0.3 is 10.2 Å². The van der Waals surface area contributed by atoms with E-state index in [4.69, 9.17) is 10.2 Å². The second-order valence-corrected chi connectivity index (χ2v) is 4.37. The molecule has 0 saturated heterocycles. The zero-order valence-electron chi connectivity index (χ0n) is 9.56. The van der Waals surface area contributed by atoms with Crippen molar-refractivity contribution < 1.29 is 9.21 Å². The molecule has 88 valence electrons. The first kappa shape index (κ1) is 11.7. The quantitative estimate of drug-likeness (QED) is 0.847. The highest BCUT2D eigenvalue weighted by Crippen LogP contribution is 2.27. The lowest BCUT2D eigenvalue weighted by atomic mass is 10.1. The predicted molar refractivity (Wildman–Crippen MR) is 67.0 cm³/mol. The molecule has 4 nitrogen and oxygen atoms in total. The molecular formula is C12H12N2O2S. The van der Waals surface area contributed by atoms with Crippen LogP contribution in [-0.2, 0) is 0 Å². The normalized spacial score (nSPS) is 10.5. The Kier molecular flexibility index (Phi) is 3.19. The third-order valence-electron chi connectivity index (χ3n) is 2.31. The number of carbonyl (C=O) groups is 1. The molecule has 2 rings (SSSR count). The summed E-state index contributed by atoms with van der Waals surface area (Å²) in [6.07, 6.45) is 1.81. The van der Waals surface area contributed by atoms with Crippen LogP contribution < -0.4 is 5.73 Å². The minimum Gasteiger partial charge on any atom is -0.429 e. The molecule has 0 spiro atoms. The number of aryl methyl sites for hydroxylation is 1. The molecule has 0 aliphatic rings. The van der Waals surface area contributed by atoms with E-state index < -0.39 is 5.91 Å². The standard InChI is InChI=1S/C12H12N2O2S/c1-7-3-5-8(6-4-7)11-14-9(10(13)15)12(16-11)17-2/h3-6H,1-2H3,(H2,13,15). The molecule has 2 N–H and O–H groups in total. The van der Waals surface area contributed by atoms with Crippen molar-refractivity contribution in [3.63, 3.8) is 0 Å². The van der Waals surface area contributed by atoms with Crippen LogP contribution >= 0.6 is 11.8 Å². The first-order valence-corrected chi connectivity index (χ1v) is 6.26. The van der Waals surface area contributed by atoms with Gasteiger partial charge in [0.1, 0.15) is 0 Å². The van der Waals surface area contributed by atoms with Crippen LogP contribution in [0, 0.1) is 6.92 Å². The summed E-state index contributed by atoms with van der Waals surface area (Å²) in [6.45, 7) is 2.00. The van der Waals surface area contributed by atoms with Crippen molar-refractivity contribution in [2.24, 2.45) is 5.73 Å². The SMILES string of the molecule is CSc1oc(-c2ccc(C)cc2)nc1C(N)=O. The van der Waals surface area contributed by atoms with Gasteiger partial charge in [-0.15, -0.1) is 0 Å². The van der Waals surface area contributed by atoms with E-state index in [1.807, 2.05) is 37.4 Å². The predicted octanol–water partition coefficient (Wildman–Crippen LogP) is 2.47. The van der Waals surface area contributed by atoms with Crippen molar-refractivity contribution in [3.05, 3.63) is 35.5 Å². The Morgan fingerprint density at radius 2 is 2.00 bits per heavy atom. The number of nitrogens with two attached hydrogens (primary N) is 1. The topological polar surface area (TPSA) is 69.1 Å². The Bertz CT molecular complexity index is 546. The lowest BCUT2D eigenvalue weighted by Crippen LogP contribution is -2.12. The smallest absolute Gasteiger partial charge is 0.271 e. The molecule has 0 aliphatic carbocycles. The van der Waals surface area contributed by atoms with Crippen LogP contribution in [-0.4, -0.2) is 17.1 Å². The molecule has 0 atom stereocenters. The van der Waals surface area contributed by atoms with Crippen LogP contribution in [0.3, 0.4) is 0 Å². The fourth-order valence-electron chi connectivity index (χ4n) is 1.42. The van der Waals surface area contributed by atoms with Gasteiger partial charge in [0.05, 0.1) is 0 Å². The zero-order valence-corrected chi connectivity index (χ0v) is 10.4. The third kappa shape index (κ3) is 2.34. The number of thioether (sulfide) groups is 1. The molecule has 1 aromatic heterocycles. The molecule has 1 aromatic carbocycles. The summed E-state index contributed by atoms with van der Waals surface area (Å²) in [6, 6.07) is 7.72. The van der Waals surface area contributed by atoms with Gasteiger partial charge in [-0.25, -0.2) is 4.98 Å². The summed E-state index contributed by atoms with van der Waals surface area (Å²) in [4.78, 5) is 15.3. The van der Waals surface area contributed by atoms with Crippen molar-refractivity contribution in [3.8, 4) is 11.5 Å². The van der Waals surface area contributed by atoms with E-state index in [0.29, 0.717) is 11.0 Å². The fourth-order valence-corrected chi connectivity index (χ4v) is 1.92. The van der Waals surface area contributed by atoms with Crippen molar-refractivity contribution >= 4 is 17.7 Å². The summed E-state index contributed by atoms with van der Waals surface area (Å²) in [5.41, 5.74) is 7.40. The minimum absolute atomic E-state index is 0.188. The van der Waals surface area contributed by atoms with Crippen LogP contribution in [0.1, 0.15) is 16.1 Å². The van der Waals surface area contributed by atoms with Crippen LogP contribution in [0.15, 0.2) is 33.8 Å². The number of nitrogens with zero attached hydrogens (tertiary/aromatic N) is 1. The molecule has 0 radical (unpaired) electrons. The lowest BCUT2D eigenvalue weighted by Gasteiger charge is -1.95. The number of hydrogen-bond donors (Lipinski definition) is 1. The van der Waals surface area contributed by atoms with E-state index in [0.717, 1.165) is 11.1 Å². The second kappa shape index (κ2) is 4.63. The maximum Gasteiger partial charge on any atom is 0.271 e. The van der Waals surface area contributed by atoms with Gasteiger partial charge >= 0.3 is 0 Å². The maximum absolute atomic E-state index is 11.2. The van der Waals surface area contributed by atoms with E-state index >= 15 is 0 Å². The van der Waals surface area contributed by atoms with Gasteiger partial charge in [-0.2, -0.15) is 0 Å². The highest BCUT2D eigenvalue weighted by atomic mass is 32.2. The van der Waals surface area contributed by atoms with Crippen LogP contribution in [0.2, 0.25) is 0 Å². The molecule has 17 heavy (non-hydrogen) atoms. The van der Waals surface area contributed by atoms with E-state index in [1.165, 1.54) is 11.8 Å². The van der Waals surface area contributed by atoms with Crippen molar-refractivity contribution in [1.82, 2.24) is 4.98 Å². The van der Waals surface area contributed by atoms with E-state index in [2.05, 4.69) is 4.98 Å². The van der Waals surface area contributed by atoms with Crippen LogP contribution in [0.5, 0.6) is 0 Å². The van der Waals surface area contributed by atoms with E-state index in [9.17, 15) is 4.79 Å². The van der Waals surface area contributed by atoms with Gasteiger partial charge in [0, 0.05) is 5.56 Å². The van der Waals surface area contributed by atoms with E-state index in [1.54, 1.807) is 0 Å². The summed E-state index contributed by atoms with van der Waals surface area (Å²) < 4.78 is 5.50. The number of carbonyl (C=O) groups excluding carboxylic acids is 1. The molecule has 2 aromatic rings. The first-order chi connectivity index (χ1) is 8.11. The Hall–Kier alpha value is -1.75. The maximum atomic E-state index is 11.2. The molecule has 0 saturated carbocycles. The van der Waals surface area contributed by atoms with Crippen molar-refractivity contribution in [2.45, 2.75) is 12.0 Å². The molecule has 0 fully saturated rings. The number of aromatic nitrogens is 1. The lowest BCUT2D eigenvalue weighted by molar-refractivity contribution is 0.0991. The molecule has 0 aliphatic heterocycles. The Labute approximate surface area is 103 Å². The first-order valence-electron chi connectivity index (χ1n) is 5.03. The van der Waals surface area contributed by atoms with Crippen molar-refractivity contribution in [2.75, 3.05) is 6.26 Å². The van der Waals surface area contributed by atoms with Crippen molar-refractivity contribution in [1.29, 1.82) is 0 Å². The van der Waals surface area contributed by atoms with Gasteiger partial charge in [-0.1, -0.05) is 29.5 Å².